The number of benzene rings is 1. The van der Waals surface area contributed by atoms with Crippen LogP contribution >= 0.6 is 0 Å². The minimum Gasteiger partial charge on any atom is -0.493 e. The van der Waals surface area contributed by atoms with E-state index in [1.54, 1.807) is 0 Å². The second-order valence-corrected chi connectivity index (χ2v) is 7.15. The summed E-state index contributed by atoms with van der Waals surface area (Å²) in [5.41, 5.74) is 5.24. The van der Waals surface area contributed by atoms with Gasteiger partial charge in [-0.05, 0) is 43.9 Å². The van der Waals surface area contributed by atoms with Crippen molar-refractivity contribution in [1.82, 2.24) is 4.90 Å². The van der Waals surface area contributed by atoms with E-state index >= 15 is 0 Å². The number of anilines is 1. The Morgan fingerprint density at radius 1 is 1.23 bits per heavy atom. The molecule has 1 saturated carbocycles. The van der Waals surface area contributed by atoms with Crippen LogP contribution in [0.2, 0.25) is 0 Å². The van der Waals surface area contributed by atoms with Gasteiger partial charge in [0.2, 0.25) is 0 Å². The molecule has 1 saturated heterocycles. The summed E-state index contributed by atoms with van der Waals surface area (Å²) in [6.07, 6.45) is 6.50. The summed E-state index contributed by atoms with van der Waals surface area (Å²) in [7, 11) is 0. The third kappa shape index (κ3) is 2.52. The van der Waals surface area contributed by atoms with Crippen LogP contribution in [0.5, 0.6) is 5.75 Å². The first-order valence-electron chi connectivity index (χ1n) is 8.63. The quantitative estimate of drug-likeness (QED) is 0.917. The zero-order chi connectivity index (χ0) is 15.1. The molecule has 3 heteroatoms. The Hall–Kier alpha value is -1.48. The highest BCUT2D eigenvalue weighted by Gasteiger charge is 2.35. The van der Waals surface area contributed by atoms with Gasteiger partial charge in [-0.2, -0.15) is 0 Å². The van der Waals surface area contributed by atoms with Crippen molar-refractivity contribution in [3.63, 3.8) is 0 Å². The van der Waals surface area contributed by atoms with Gasteiger partial charge >= 0.3 is 0 Å². The Kier molecular flexibility index (Phi) is 3.61. The summed E-state index contributed by atoms with van der Waals surface area (Å²) in [5, 5.41) is 3.46. The van der Waals surface area contributed by atoms with Crippen LogP contribution in [0.4, 0.5) is 5.69 Å². The minimum absolute atomic E-state index is 0.714. The number of allylic oxidation sites excluding steroid dienone is 1. The van der Waals surface area contributed by atoms with Crippen molar-refractivity contribution >= 4 is 11.3 Å². The zero-order valence-electron chi connectivity index (χ0n) is 13.7. The van der Waals surface area contributed by atoms with E-state index in [1.807, 2.05) is 0 Å². The number of nitrogens with zero attached hydrogens (tertiary/aromatic N) is 1. The van der Waals surface area contributed by atoms with Crippen molar-refractivity contribution in [2.45, 2.75) is 39.2 Å². The van der Waals surface area contributed by atoms with Crippen molar-refractivity contribution in [2.24, 2.45) is 5.92 Å². The van der Waals surface area contributed by atoms with Gasteiger partial charge in [0.1, 0.15) is 5.75 Å². The molecule has 0 aromatic heterocycles. The topological polar surface area (TPSA) is 24.5 Å². The third-order valence-corrected chi connectivity index (χ3v) is 5.47. The Balaban J connectivity index is 1.36. The average molecular weight is 298 g/mol. The highest BCUT2D eigenvalue weighted by atomic mass is 16.5. The van der Waals surface area contributed by atoms with E-state index in [-0.39, 0.29) is 0 Å². The van der Waals surface area contributed by atoms with Gasteiger partial charge in [0, 0.05) is 48.9 Å². The fourth-order valence-corrected chi connectivity index (χ4v) is 3.90. The number of likely N-dealkylation sites (tertiary alicyclic amines) is 1. The number of ether oxygens (including phenoxy) is 1. The van der Waals surface area contributed by atoms with E-state index in [1.165, 1.54) is 54.7 Å². The lowest BCUT2D eigenvalue weighted by Crippen LogP contribution is -2.55. The lowest BCUT2D eigenvalue weighted by atomic mass is 9.86. The molecule has 1 N–H and O–H groups in total. The van der Waals surface area contributed by atoms with Gasteiger partial charge in [-0.1, -0.05) is 12.5 Å². The maximum atomic E-state index is 6.09. The molecule has 1 aromatic rings. The number of hydrogen-bond acceptors (Lipinski definition) is 3. The SMILES string of the molecule is CC1=CCNc2cc(OCC3CN(C4CCC4)C3)cc(C)c21. The molecule has 1 aliphatic carbocycles. The molecular formula is C19H26N2O. The summed E-state index contributed by atoms with van der Waals surface area (Å²) in [6.45, 7) is 8.61. The van der Waals surface area contributed by atoms with Crippen LogP contribution in [0.25, 0.3) is 5.57 Å². The molecule has 0 atom stereocenters. The molecule has 118 valence electrons. The Morgan fingerprint density at radius 2 is 2.05 bits per heavy atom. The van der Waals surface area contributed by atoms with Crippen LogP contribution in [0.3, 0.4) is 0 Å². The predicted octanol–water partition coefficient (Wildman–Crippen LogP) is 3.69. The lowest BCUT2D eigenvalue weighted by Gasteiger charge is -2.47. The summed E-state index contributed by atoms with van der Waals surface area (Å²) >= 11 is 0. The fourth-order valence-electron chi connectivity index (χ4n) is 3.90. The van der Waals surface area contributed by atoms with E-state index in [9.17, 15) is 0 Å². The van der Waals surface area contributed by atoms with Gasteiger partial charge in [0.25, 0.3) is 0 Å². The summed E-state index contributed by atoms with van der Waals surface area (Å²) < 4.78 is 6.09. The predicted molar refractivity (Wildman–Crippen MR) is 91.5 cm³/mol. The third-order valence-electron chi connectivity index (χ3n) is 5.47. The Morgan fingerprint density at radius 3 is 2.77 bits per heavy atom. The van der Waals surface area contributed by atoms with E-state index in [4.69, 9.17) is 4.74 Å². The molecule has 3 aliphatic rings. The number of hydrogen-bond donors (Lipinski definition) is 1. The van der Waals surface area contributed by atoms with Gasteiger partial charge in [-0.25, -0.2) is 0 Å². The Bertz CT molecular complexity index is 598. The van der Waals surface area contributed by atoms with Crippen LogP contribution < -0.4 is 10.1 Å². The van der Waals surface area contributed by atoms with E-state index in [0.29, 0.717) is 5.92 Å². The smallest absolute Gasteiger partial charge is 0.121 e. The fraction of sp³-hybridized carbons (Fsp3) is 0.579. The molecule has 4 rings (SSSR count). The molecule has 0 radical (unpaired) electrons. The maximum Gasteiger partial charge on any atom is 0.121 e. The molecule has 3 nitrogen and oxygen atoms in total. The van der Waals surface area contributed by atoms with Crippen molar-refractivity contribution in [1.29, 1.82) is 0 Å². The summed E-state index contributed by atoms with van der Waals surface area (Å²) in [4.78, 5) is 2.63. The average Bonchev–Trinajstić information content (AvgIpc) is 2.38. The van der Waals surface area contributed by atoms with Crippen LogP contribution in [-0.4, -0.2) is 37.2 Å². The monoisotopic (exact) mass is 298 g/mol. The van der Waals surface area contributed by atoms with Crippen LogP contribution in [0.1, 0.15) is 37.3 Å². The molecule has 2 fully saturated rings. The number of rotatable bonds is 4. The van der Waals surface area contributed by atoms with Gasteiger partial charge in [0.05, 0.1) is 6.61 Å². The molecule has 2 heterocycles. The molecule has 1 aromatic carbocycles. The molecule has 2 aliphatic heterocycles. The molecule has 0 spiro atoms. The van der Waals surface area contributed by atoms with Crippen molar-refractivity contribution in [3.05, 3.63) is 29.3 Å². The highest BCUT2D eigenvalue weighted by Crippen LogP contribution is 2.35. The largest absolute Gasteiger partial charge is 0.493 e. The van der Waals surface area contributed by atoms with E-state index in [0.717, 1.165) is 24.9 Å². The molecule has 22 heavy (non-hydrogen) atoms. The van der Waals surface area contributed by atoms with E-state index < -0.39 is 0 Å². The molecule has 0 amide bonds. The van der Waals surface area contributed by atoms with Crippen LogP contribution in [0.15, 0.2) is 18.2 Å². The second-order valence-electron chi connectivity index (χ2n) is 7.15. The van der Waals surface area contributed by atoms with E-state index in [2.05, 4.69) is 42.3 Å². The van der Waals surface area contributed by atoms with Crippen molar-refractivity contribution < 1.29 is 4.74 Å². The molecule has 0 unspecified atom stereocenters. The first kappa shape index (κ1) is 14.1. The standard InChI is InChI=1S/C19H26N2O/c1-13-6-7-20-18-9-17(8-14(2)19(13)18)22-12-15-10-21(11-15)16-4-3-5-16/h6,8-9,15-16,20H,3-5,7,10-12H2,1-2H3. The van der Waals surface area contributed by atoms with Gasteiger partial charge < -0.3 is 10.1 Å². The number of fused-ring (bicyclic) bond motifs is 1. The summed E-state index contributed by atoms with van der Waals surface area (Å²) in [5.74, 6) is 1.73. The van der Waals surface area contributed by atoms with Gasteiger partial charge in [-0.15, -0.1) is 0 Å². The summed E-state index contributed by atoms with van der Waals surface area (Å²) in [6, 6.07) is 5.24. The second kappa shape index (κ2) is 5.62. The normalized spacial score (nSPS) is 22.2. The zero-order valence-corrected chi connectivity index (χ0v) is 13.7. The first-order chi connectivity index (χ1) is 10.7. The lowest BCUT2D eigenvalue weighted by molar-refractivity contribution is -0.00242. The minimum atomic E-state index is 0.714. The Labute approximate surface area is 133 Å². The number of aryl methyl sites for hydroxylation is 1. The maximum absolute atomic E-state index is 6.09. The van der Waals surface area contributed by atoms with Crippen molar-refractivity contribution in [3.8, 4) is 5.75 Å². The molecule has 0 bridgehead atoms. The van der Waals surface area contributed by atoms with Crippen LogP contribution in [0, 0.1) is 12.8 Å². The number of nitrogens with one attached hydrogen (secondary N) is 1. The molecular weight excluding hydrogens is 272 g/mol. The van der Waals surface area contributed by atoms with Gasteiger partial charge in [-0.3, -0.25) is 4.90 Å². The highest BCUT2D eigenvalue weighted by molar-refractivity contribution is 5.81. The first-order valence-corrected chi connectivity index (χ1v) is 8.63. The van der Waals surface area contributed by atoms with Gasteiger partial charge in [0.15, 0.2) is 0 Å². The van der Waals surface area contributed by atoms with Crippen LogP contribution in [-0.2, 0) is 0 Å². The van der Waals surface area contributed by atoms with Crippen molar-refractivity contribution in [2.75, 3.05) is 31.6 Å².